The van der Waals surface area contributed by atoms with Gasteiger partial charge in [-0.2, -0.15) is 8.78 Å². The second-order valence-electron chi connectivity index (χ2n) is 6.39. The lowest BCUT2D eigenvalue weighted by Crippen LogP contribution is -2.39. The molecule has 2 aromatic carbocycles. The van der Waals surface area contributed by atoms with Crippen molar-refractivity contribution in [1.29, 1.82) is 0 Å². The van der Waals surface area contributed by atoms with Crippen LogP contribution < -0.4 is 4.74 Å². The van der Waals surface area contributed by atoms with E-state index in [9.17, 15) is 18.7 Å². The Morgan fingerprint density at radius 1 is 1.04 bits per heavy atom. The Kier molecular flexibility index (Phi) is 5.83. The number of likely N-dealkylation sites (tertiary alicyclic amines) is 1. The van der Waals surface area contributed by atoms with Gasteiger partial charge < -0.3 is 14.7 Å². The topological polar surface area (TPSA) is 49.8 Å². The van der Waals surface area contributed by atoms with Crippen molar-refractivity contribution in [2.75, 3.05) is 13.1 Å². The van der Waals surface area contributed by atoms with Crippen LogP contribution in [-0.4, -0.2) is 35.6 Å². The molecule has 6 heteroatoms. The Morgan fingerprint density at radius 2 is 1.65 bits per heavy atom. The van der Waals surface area contributed by atoms with E-state index in [2.05, 4.69) is 4.74 Å². The van der Waals surface area contributed by atoms with Gasteiger partial charge in [0, 0.05) is 18.7 Å². The van der Waals surface area contributed by atoms with Crippen LogP contribution in [0.5, 0.6) is 5.75 Å². The van der Waals surface area contributed by atoms with Crippen LogP contribution in [0.25, 0.3) is 0 Å². The number of carbonyl (C=O) groups is 1. The van der Waals surface area contributed by atoms with Crippen LogP contribution in [0.15, 0.2) is 54.6 Å². The SMILES string of the molecule is O=C(c1ccc(OC(F)F)cc1)N1CCC(C(O)c2ccccc2)CC1. The number of aliphatic hydroxyl groups excluding tert-OH is 1. The molecule has 26 heavy (non-hydrogen) atoms. The first-order chi connectivity index (χ1) is 12.5. The number of piperidine rings is 1. The summed E-state index contributed by atoms with van der Waals surface area (Å²) in [6.45, 7) is -1.77. The van der Waals surface area contributed by atoms with Gasteiger partial charge in [0.15, 0.2) is 0 Å². The first-order valence-corrected chi connectivity index (χ1v) is 8.62. The van der Waals surface area contributed by atoms with Crippen molar-refractivity contribution < 1.29 is 23.4 Å². The monoisotopic (exact) mass is 361 g/mol. The summed E-state index contributed by atoms with van der Waals surface area (Å²) in [6.07, 6.45) is 0.905. The molecule has 1 N–H and O–H groups in total. The number of alkyl halides is 2. The number of hydrogen-bond donors (Lipinski definition) is 1. The molecular formula is C20H21F2NO3. The average Bonchev–Trinajstić information content (AvgIpc) is 2.68. The molecule has 0 saturated carbocycles. The molecule has 1 fully saturated rings. The summed E-state index contributed by atoms with van der Waals surface area (Å²) in [7, 11) is 0. The van der Waals surface area contributed by atoms with Gasteiger partial charge in [-0.1, -0.05) is 30.3 Å². The molecule has 4 nitrogen and oxygen atoms in total. The van der Waals surface area contributed by atoms with Crippen LogP contribution in [0.2, 0.25) is 0 Å². The minimum absolute atomic E-state index is 0.0289. The van der Waals surface area contributed by atoms with E-state index in [-0.39, 0.29) is 17.6 Å². The average molecular weight is 361 g/mol. The molecule has 0 bridgehead atoms. The maximum absolute atomic E-state index is 12.6. The van der Waals surface area contributed by atoms with Crippen LogP contribution in [0.3, 0.4) is 0 Å². The maximum Gasteiger partial charge on any atom is 0.387 e. The first-order valence-electron chi connectivity index (χ1n) is 8.62. The van der Waals surface area contributed by atoms with Crippen molar-refractivity contribution >= 4 is 5.91 Å². The van der Waals surface area contributed by atoms with E-state index < -0.39 is 12.7 Å². The summed E-state index contributed by atoms with van der Waals surface area (Å²) >= 11 is 0. The van der Waals surface area contributed by atoms with Gasteiger partial charge >= 0.3 is 6.61 Å². The molecule has 1 amide bonds. The van der Waals surface area contributed by atoms with Gasteiger partial charge in [-0.05, 0) is 48.6 Å². The molecular weight excluding hydrogens is 340 g/mol. The Morgan fingerprint density at radius 3 is 2.23 bits per heavy atom. The Labute approximate surface area is 151 Å². The van der Waals surface area contributed by atoms with Crippen LogP contribution in [0, 0.1) is 5.92 Å². The molecule has 0 aromatic heterocycles. The largest absolute Gasteiger partial charge is 0.435 e. The fourth-order valence-corrected chi connectivity index (χ4v) is 3.30. The second kappa shape index (κ2) is 8.27. The van der Waals surface area contributed by atoms with Crippen LogP contribution >= 0.6 is 0 Å². The third-order valence-electron chi connectivity index (χ3n) is 4.74. The van der Waals surface area contributed by atoms with E-state index in [1.165, 1.54) is 24.3 Å². The summed E-state index contributed by atoms with van der Waals surface area (Å²) in [5.41, 5.74) is 1.33. The highest BCUT2D eigenvalue weighted by atomic mass is 19.3. The first kappa shape index (κ1) is 18.3. The van der Waals surface area contributed by atoms with Crippen molar-refractivity contribution in [3.8, 4) is 5.75 Å². The molecule has 0 aliphatic carbocycles. The smallest absolute Gasteiger partial charge is 0.387 e. The number of aliphatic hydroxyl groups is 1. The molecule has 1 aliphatic rings. The van der Waals surface area contributed by atoms with Crippen LogP contribution in [0.4, 0.5) is 8.78 Å². The summed E-state index contributed by atoms with van der Waals surface area (Å²) in [5, 5.41) is 10.5. The van der Waals surface area contributed by atoms with E-state index in [0.717, 1.165) is 5.56 Å². The normalized spacial score (nSPS) is 16.5. The van der Waals surface area contributed by atoms with E-state index in [1.807, 2.05) is 30.3 Å². The maximum atomic E-state index is 12.6. The lowest BCUT2D eigenvalue weighted by molar-refractivity contribution is -0.0498. The minimum Gasteiger partial charge on any atom is -0.435 e. The van der Waals surface area contributed by atoms with Gasteiger partial charge in [0.25, 0.3) is 5.91 Å². The molecule has 1 heterocycles. The zero-order chi connectivity index (χ0) is 18.5. The molecule has 0 radical (unpaired) electrons. The lowest BCUT2D eigenvalue weighted by atomic mass is 9.87. The van der Waals surface area contributed by atoms with E-state index in [0.29, 0.717) is 31.5 Å². The summed E-state index contributed by atoms with van der Waals surface area (Å²) in [5.74, 6) is 0.00533. The summed E-state index contributed by atoms with van der Waals surface area (Å²) < 4.78 is 28.6. The number of halogens is 2. The van der Waals surface area contributed by atoms with E-state index in [1.54, 1.807) is 4.90 Å². The second-order valence-corrected chi connectivity index (χ2v) is 6.39. The van der Waals surface area contributed by atoms with Gasteiger partial charge in [0.2, 0.25) is 0 Å². The minimum atomic E-state index is -2.88. The number of benzene rings is 2. The molecule has 1 atom stereocenters. The Bertz CT molecular complexity index is 714. The summed E-state index contributed by atoms with van der Waals surface area (Å²) in [4.78, 5) is 14.3. The van der Waals surface area contributed by atoms with Crippen molar-refractivity contribution in [2.24, 2.45) is 5.92 Å². The Balaban J connectivity index is 1.56. The molecule has 1 unspecified atom stereocenters. The number of rotatable bonds is 5. The third-order valence-corrected chi connectivity index (χ3v) is 4.74. The molecule has 3 rings (SSSR count). The van der Waals surface area contributed by atoms with Crippen molar-refractivity contribution in [1.82, 2.24) is 4.90 Å². The predicted octanol–water partition coefficient (Wildman–Crippen LogP) is 3.87. The van der Waals surface area contributed by atoms with E-state index in [4.69, 9.17) is 0 Å². The highest BCUT2D eigenvalue weighted by Crippen LogP contribution is 2.31. The molecule has 0 spiro atoms. The summed E-state index contributed by atoms with van der Waals surface area (Å²) in [6, 6.07) is 15.2. The highest BCUT2D eigenvalue weighted by Gasteiger charge is 2.28. The lowest BCUT2D eigenvalue weighted by Gasteiger charge is -2.34. The zero-order valence-electron chi connectivity index (χ0n) is 14.2. The number of ether oxygens (including phenoxy) is 1. The fourth-order valence-electron chi connectivity index (χ4n) is 3.30. The van der Waals surface area contributed by atoms with Gasteiger partial charge in [-0.25, -0.2) is 0 Å². The standard InChI is InChI=1S/C20H21F2NO3/c21-20(22)26-17-8-6-16(7-9-17)19(25)23-12-10-15(11-13-23)18(24)14-4-2-1-3-5-14/h1-9,15,18,20,24H,10-13H2. The van der Waals surface area contributed by atoms with Crippen molar-refractivity contribution in [3.63, 3.8) is 0 Å². The zero-order valence-corrected chi connectivity index (χ0v) is 14.2. The van der Waals surface area contributed by atoms with Crippen LogP contribution in [0.1, 0.15) is 34.9 Å². The third kappa shape index (κ3) is 4.38. The van der Waals surface area contributed by atoms with Crippen LogP contribution in [-0.2, 0) is 0 Å². The van der Waals surface area contributed by atoms with Gasteiger partial charge in [0.1, 0.15) is 5.75 Å². The van der Waals surface area contributed by atoms with Gasteiger partial charge in [-0.15, -0.1) is 0 Å². The molecule has 138 valence electrons. The molecule has 1 aliphatic heterocycles. The number of amides is 1. The number of hydrogen-bond acceptors (Lipinski definition) is 3. The van der Waals surface area contributed by atoms with Crippen molar-refractivity contribution in [2.45, 2.75) is 25.6 Å². The van der Waals surface area contributed by atoms with Gasteiger partial charge in [-0.3, -0.25) is 4.79 Å². The van der Waals surface area contributed by atoms with Gasteiger partial charge in [0.05, 0.1) is 6.10 Å². The Hall–Kier alpha value is -2.47. The molecule has 2 aromatic rings. The highest BCUT2D eigenvalue weighted by molar-refractivity contribution is 5.94. The van der Waals surface area contributed by atoms with E-state index >= 15 is 0 Å². The van der Waals surface area contributed by atoms with Crippen molar-refractivity contribution in [3.05, 3.63) is 65.7 Å². The fraction of sp³-hybridized carbons (Fsp3) is 0.350. The quantitative estimate of drug-likeness (QED) is 0.879. The number of nitrogens with zero attached hydrogens (tertiary/aromatic N) is 1. The molecule has 1 saturated heterocycles. The number of carbonyl (C=O) groups excluding carboxylic acids is 1. The predicted molar refractivity (Wildman–Crippen MR) is 93.1 cm³/mol.